The smallest absolute Gasteiger partial charge is 0.186 e. The molecular formula is C11H14O6. The molecule has 0 aromatic heterocycles. The highest BCUT2D eigenvalue weighted by molar-refractivity contribution is 5.84. The molecule has 2 N–H and O–H groups in total. The fourth-order valence-corrected chi connectivity index (χ4v) is 1.29. The first-order valence-corrected chi connectivity index (χ1v) is 4.82. The number of carbonyl (C=O) groups is 1. The summed E-state index contributed by atoms with van der Waals surface area (Å²) in [6.07, 6.45) is -0.958. The van der Waals surface area contributed by atoms with Crippen LogP contribution in [-0.2, 0) is 0 Å². The quantitative estimate of drug-likeness (QED) is 0.547. The Morgan fingerprint density at radius 1 is 1.24 bits per heavy atom. The highest BCUT2D eigenvalue weighted by atomic mass is 16.5. The number of ether oxygens (including phenoxy) is 3. The van der Waals surface area contributed by atoms with Gasteiger partial charge in [-0.2, -0.15) is 0 Å². The van der Waals surface area contributed by atoms with Crippen molar-refractivity contribution in [3.8, 4) is 17.2 Å². The maximum atomic E-state index is 10.9. The van der Waals surface area contributed by atoms with Crippen LogP contribution in [-0.4, -0.2) is 43.6 Å². The van der Waals surface area contributed by atoms with Crippen LogP contribution in [0.2, 0.25) is 0 Å². The van der Waals surface area contributed by atoms with E-state index in [1.807, 2.05) is 0 Å². The summed E-state index contributed by atoms with van der Waals surface area (Å²) in [6.45, 7) is -0.285. The lowest BCUT2D eigenvalue weighted by atomic mass is 10.2. The van der Waals surface area contributed by atoms with Gasteiger partial charge in [0.2, 0.25) is 0 Å². The second-order valence-electron chi connectivity index (χ2n) is 3.15. The van der Waals surface area contributed by atoms with Gasteiger partial charge in [-0.15, -0.1) is 0 Å². The summed E-state index contributed by atoms with van der Waals surface area (Å²) in [5.74, 6) is 0.904. The molecule has 0 saturated heterocycles. The normalized spacial score (nSPS) is 10.2. The Balaban J connectivity index is 3.04. The van der Waals surface area contributed by atoms with Gasteiger partial charge < -0.3 is 24.4 Å². The van der Waals surface area contributed by atoms with Crippen LogP contribution in [0.15, 0.2) is 12.1 Å². The van der Waals surface area contributed by atoms with Crippen molar-refractivity contribution in [1.82, 2.24) is 0 Å². The zero-order valence-electron chi connectivity index (χ0n) is 9.54. The van der Waals surface area contributed by atoms with Gasteiger partial charge in [0.1, 0.15) is 23.9 Å². The molecule has 0 aliphatic rings. The first-order valence-electron chi connectivity index (χ1n) is 4.82. The van der Waals surface area contributed by atoms with Crippen LogP contribution in [0, 0.1) is 0 Å². The molecule has 1 aromatic rings. The highest BCUT2D eigenvalue weighted by Crippen LogP contribution is 2.32. The Hall–Kier alpha value is -1.79. The van der Waals surface area contributed by atoms with Crippen molar-refractivity contribution < 1.29 is 29.2 Å². The van der Waals surface area contributed by atoms with Crippen LogP contribution in [0.25, 0.3) is 0 Å². The number of aldehydes is 1. The third kappa shape index (κ3) is 3.33. The topological polar surface area (TPSA) is 85.2 Å². The Morgan fingerprint density at radius 2 is 1.76 bits per heavy atom. The SMILES string of the molecule is COc1cc(OCC(O)O)cc(OC)c1C=O. The number of aliphatic hydroxyl groups is 2. The monoisotopic (exact) mass is 242 g/mol. The third-order valence-corrected chi connectivity index (χ3v) is 2.03. The van der Waals surface area contributed by atoms with E-state index in [-0.39, 0.29) is 12.2 Å². The maximum absolute atomic E-state index is 10.9. The summed E-state index contributed by atoms with van der Waals surface area (Å²) in [4.78, 5) is 10.9. The molecule has 0 spiro atoms. The Bertz CT molecular complexity index is 363. The average molecular weight is 242 g/mol. The number of carbonyl (C=O) groups excluding carboxylic acids is 1. The van der Waals surface area contributed by atoms with Crippen molar-refractivity contribution in [2.45, 2.75) is 6.29 Å². The van der Waals surface area contributed by atoms with E-state index in [4.69, 9.17) is 24.4 Å². The summed E-state index contributed by atoms with van der Waals surface area (Å²) < 4.78 is 15.1. The third-order valence-electron chi connectivity index (χ3n) is 2.03. The molecule has 1 aromatic carbocycles. The first kappa shape index (κ1) is 13.3. The zero-order valence-corrected chi connectivity index (χ0v) is 9.54. The summed E-state index contributed by atoms with van der Waals surface area (Å²) >= 11 is 0. The van der Waals surface area contributed by atoms with Gasteiger partial charge in [-0.1, -0.05) is 0 Å². The standard InChI is InChI=1S/C11H14O6/c1-15-9-3-7(17-6-11(13)14)4-10(16-2)8(9)5-12/h3-5,11,13-14H,6H2,1-2H3. The van der Waals surface area contributed by atoms with Gasteiger partial charge >= 0.3 is 0 Å². The molecule has 1 rings (SSSR count). The minimum absolute atomic E-state index is 0.270. The molecule has 0 radical (unpaired) electrons. The Morgan fingerprint density at radius 3 is 2.12 bits per heavy atom. The number of hydrogen-bond donors (Lipinski definition) is 2. The molecule has 0 aliphatic carbocycles. The van der Waals surface area contributed by atoms with Crippen molar-refractivity contribution in [3.05, 3.63) is 17.7 Å². The van der Waals surface area contributed by atoms with E-state index < -0.39 is 6.29 Å². The van der Waals surface area contributed by atoms with Gasteiger partial charge in [0.15, 0.2) is 12.6 Å². The van der Waals surface area contributed by atoms with Crippen LogP contribution in [0.3, 0.4) is 0 Å². The van der Waals surface area contributed by atoms with Crippen molar-refractivity contribution >= 4 is 6.29 Å². The van der Waals surface area contributed by atoms with Gasteiger partial charge in [0.25, 0.3) is 0 Å². The first-order chi connectivity index (χ1) is 8.12. The molecule has 6 heteroatoms. The summed E-state index contributed by atoms with van der Waals surface area (Å²) in [7, 11) is 2.82. The van der Waals surface area contributed by atoms with E-state index in [0.29, 0.717) is 23.5 Å². The lowest BCUT2D eigenvalue weighted by molar-refractivity contribution is -0.0681. The average Bonchev–Trinajstić information content (AvgIpc) is 2.34. The van der Waals surface area contributed by atoms with Crippen LogP contribution in [0.1, 0.15) is 10.4 Å². The second kappa shape index (κ2) is 6.07. The molecule has 0 fully saturated rings. The van der Waals surface area contributed by atoms with E-state index in [0.717, 1.165) is 0 Å². The molecule has 0 saturated carbocycles. The minimum Gasteiger partial charge on any atom is -0.496 e. The van der Waals surface area contributed by atoms with E-state index in [2.05, 4.69) is 0 Å². The van der Waals surface area contributed by atoms with E-state index in [1.165, 1.54) is 26.4 Å². The lowest BCUT2D eigenvalue weighted by Crippen LogP contribution is -2.16. The largest absolute Gasteiger partial charge is 0.496 e. The van der Waals surface area contributed by atoms with Gasteiger partial charge in [0.05, 0.1) is 19.8 Å². The van der Waals surface area contributed by atoms with Gasteiger partial charge in [-0.05, 0) is 0 Å². The molecule has 0 unspecified atom stereocenters. The maximum Gasteiger partial charge on any atom is 0.186 e. The van der Waals surface area contributed by atoms with E-state index in [9.17, 15) is 4.79 Å². The summed E-state index contributed by atoms with van der Waals surface area (Å²) in [6, 6.07) is 2.93. The number of rotatable bonds is 6. The molecule has 94 valence electrons. The summed E-state index contributed by atoms with van der Waals surface area (Å²) in [5, 5.41) is 17.4. The predicted molar refractivity (Wildman–Crippen MR) is 58.7 cm³/mol. The van der Waals surface area contributed by atoms with Crippen LogP contribution in [0.4, 0.5) is 0 Å². The van der Waals surface area contributed by atoms with Gasteiger partial charge in [-0.3, -0.25) is 4.79 Å². The van der Waals surface area contributed by atoms with E-state index >= 15 is 0 Å². The Kier molecular flexibility index (Phi) is 4.74. The fourth-order valence-electron chi connectivity index (χ4n) is 1.29. The number of hydrogen-bond acceptors (Lipinski definition) is 6. The minimum atomic E-state index is -1.57. The fraction of sp³-hybridized carbons (Fsp3) is 0.364. The number of methoxy groups -OCH3 is 2. The second-order valence-corrected chi connectivity index (χ2v) is 3.15. The highest BCUT2D eigenvalue weighted by Gasteiger charge is 2.13. The number of benzene rings is 1. The Labute approximate surface area is 98.3 Å². The zero-order chi connectivity index (χ0) is 12.8. The van der Waals surface area contributed by atoms with Crippen molar-refractivity contribution in [1.29, 1.82) is 0 Å². The molecule has 0 atom stereocenters. The summed E-state index contributed by atoms with van der Waals surface area (Å²) in [5.41, 5.74) is 0.270. The molecule has 0 heterocycles. The van der Waals surface area contributed by atoms with Crippen molar-refractivity contribution in [3.63, 3.8) is 0 Å². The number of aliphatic hydroxyl groups excluding tert-OH is 1. The van der Waals surface area contributed by atoms with Crippen LogP contribution >= 0.6 is 0 Å². The molecule has 0 bridgehead atoms. The van der Waals surface area contributed by atoms with Crippen LogP contribution in [0.5, 0.6) is 17.2 Å². The lowest BCUT2D eigenvalue weighted by Gasteiger charge is -2.13. The van der Waals surface area contributed by atoms with Crippen molar-refractivity contribution in [2.75, 3.05) is 20.8 Å². The molecule has 6 nitrogen and oxygen atoms in total. The van der Waals surface area contributed by atoms with E-state index in [1.54, 1.807) is 0 Å². The molecule has 17 heavy (non-hydrogen) atoms. The molecule has 0 amide bonds. The molecule has 0 aliphatic heterocycles. The predicted octanol–water partition coefficient (Wildman–Crippen LogP) is 0.206. The van der Waals surface area contributed by atoms with Crippen molar-refractivity contribution in [2.24, 2.45) is 0 Å². The van der Waals surface area contributed by atoms with Gasteiger partial charge in [0, 0.05) is 12.1 Å². The van der Waals surface area contributed by atoms with Crippen LogP contribution < -0.4 is 14.2 Å². The van der Waals surface area contributed by atoms with Gasteiger partial charge in [-0.25, -0.2) is 0 Å². The molecular weight excluding hydrogens is 228 g/mol.